The Labute approximate surface area is 75.7 Å². The van der Waals surface area contributed by atoms with Crippen molar-refractivity contribution in [1.29, 1.82) is 0 Å². The van der Waals surface area contributed by atoms with Gasteiger partial charge in [0.25, 0.3) is 0 Å². The zero-order valence-electron chi connectivity index (χ0n) is 6.22. The molecule has 1 nitrogen and oxygen atoms in total. The van der Waals surface area contributed by atoms with Crippen molar-refractivity contribution >= 4 is 28.9 Å². The second-order valence-corrected chi connectivity index (χ2v) is 4.83. The predicted molar refractivity (Wildman–Crippen MR) is 50.4 cm³/mol. The summed E-state index contributed by atoms with van der Waals surface area (Å²) < 4.78 is 0.596. The second-order valence-electron chi connectivity index (χ2n) is 3.23. The zero-order valence-corrected chi connectivity index (χ0v) is 8.37. The molecule has 0 radical (unpaired) electrons. The molecule has 58 valence electrons. The van der Waals surface area contributed by atoms with E-state index in [1.807, 2.05) is 0 Å². The molecule has 1 fully saturated rings. The highest BCUT2D eigenvalue weighted by molar-refractivity contribution is 14.1. The van der Waals surface area contributed by atoms with Gasteiger partial charge in [0, 0.05) is 9.84 Å². The molecule has 0 spiro atoms. The number of carbonyl (C=O) groups is 1. The fraction of sp³-hybridized carbons (Fsp3) is 0.875. The molecule has 3 unspecified atom stereocenters. The summed E-state index contributed by atoms with van der Waals surface area (Å²) in [5.74, 6) is 1.18. The van der Waals surface area contributed by atoms with Crippen molar-refractivity contribution in [3.63, 3.8) is 0 Å². The first kappa shape index (κ1) is 8.50. The van der Waals surface area contributed by atoms with Crippen LogP contribution in [-0.2, 0) is 4.79 Å². The third-order valence-electron chi connectivity index (χ3n) is 2.26. The minimum absolute atomic E-state index is 0.344. The van der Waals surface area contributed by atoms with E-state index >= 15 is 0 Å². The molecular formula is C8H13IO. The van der Waals surface area contributed by atoms with E-state index in [9.17, 15) is 4.79 Å². The first-order chi connectivity index (χ1) is 4.74. The molecule has 1 aliphatic carbocycles. The number of hydrogen-bond acceptors (Lipinski definition) is 1. The molecule has 0 aliphatic heterocycles. The van der Waals surface area contributed by atoms with Crippen LogP contribution < -0.4 is 0 Å². The smallest absolute Gasteiger partial charge is 0.124 e. The highest BCUT2D eigenvalue weighted by atomic mass is 127. The molecule has 0 heterocycles. The minimum Gasteiger partial charge on any atom is -0.303 e. The molecule has 0 amide bonds. The monoisotopic (exact) mass is 252 g/mol. The molecule has 1 aliphatic rings. The first-order valence-corrected chi connectivity index (χ1v) is 5.08. The maximum absolute atomic E-state index is 10.5. The van der Waals surface area contributed by atoms with Crippen LogP contribution in [0, 0.1) is 11.8 Å². The third kappa shape index (κ3) is 1.94. The normalized spacial score (nSPS) is 41.2. The van der Waals surface area contributed by atoms with Crippen LogP contribution in [0.2, 0.25) is 0 Å². The third-order valence-corrected chi connectivity index (χ3v) is 3.69. The molecule has 0 bridgehead atoms. The lowest BCUT2D eigenvalue weighted by Gasteiger charge is -2.27. The van der Waals surface area contributed by atoms with Crippen LogP contribution in [0.4, 0.5) is 0 Å². The van der Waals surface area contributed by atoms with E-state index in [1.54, 1.807) is 0 Å². The summed E-state index contributed by atoms with van der Waals surface area (Å²) in [5, 5.41) is 0. The molecule has 0 aromatic heterocycles. The van der Waals surface area contributed by atoms with Crippen molar-refractivity contribution in [1.82, 2.24) is 0 Å². The van der Waals surface area contributed by atoms with Crippen molar-refractivity contribution in [3.8, 4) is 0 Å². The number of aldehydes is 1. The van der Waals surface area contributed by atoms with Crippen molar-refractivity contribution in [2.24, 2.45) is 11.8 Å². The van der Waals surface area contributed by atoms with E-state index in [0.717, 1.165) is 18.6 Å². The Hall–Kier alpha value is 0.400. The summed E-state index contributed by atoms with van der Waals surface area (Å²) in [4.78, 5) is 10.5. The molecule has 1 saturated carbocycles. The Bertz CT molecular complexity index is 124. The van der Waals surface area contributed by atoms with E-state index in [1.165, 1.54) is 12.8 Å². The average molecular weight is 252 g/mol. The SMILES string of the molecule is CC1CCC(C=O)C(I)C1. The summed E-state index contributed by atoms with van der Waals surface area (Å²) in [5.41, 5.74) is 0. The number of carbonyl (C=O) groups excluding carboxylic acids is 1. The summed E-state index contributed by atoms with van der Waals surface area (Å²) in [6.45, 7) is 2.27. The molecule has 0 aromatic rings. The predicted octanol–water partition coefficient (Wildman–Crippen LogP) is 2.43. The van der Waals surface area contributed by atoms with Gasteiger partial charge in [-0.2, -0.15) is 0 Å². The summed E-state index contributed by atoms with van der Waals surface area (Å²) in [7, 11) is 0. The van der Waals surface area contributed by atoms with Crippen LogP contribution in [0.1, 0.15) is 26.2 Å². The molecule has 0 N–H and O–H groups in total. The number of rotatable bonds is 1. The van der Waals surface area contributed by atoms with Gasteiger partial charge in [0.2, 0.25) is 0 Å². The van der Waals surface area contributed by atoms with E-state index < -0.39 is 0 Å². The maximum atomic E-state index is 10.5. The van der Waals surface area contributed by atoms with Gasteiger partial charge >= 0.3 is 0 Å². The molecule has 10 heavy (non-hydrogen) atoms. The van der Waals surface area contributed by atoms with Gasteiger partial charge in [0.1, 0.15) is 6.29 Å². The molecule has 1 rings (SSSR count). The van der Waals surface area contributed by atoms with E-state index in [4.69, 9.17) is 0 Å². The summed E-state index contributed by atoms with van der Waals surface area (Å²) in [6.07, 6.45) is 4.70. The standard InChI is InChI=1S/C8H13IO/c1-6-2-3-7(5-10)8(9)4-6/h5-8H,2-4H2,1H3. The van der Waals surface area contributed by atoms with Gasteiger partial charge in [-0.05, 0) is 25.2 Å². The molecule has 0 saturated heterocycles. The van der Waals surface area contributed by atoms with Crippen LogP contribution in [-0.4, -0.2) is 10.2 Å². The van der Waals surface area contributed by atoms with Gasteiger partial charge in [0.15, 0.2) is 0 Å². The number of alkyl halides is 1. The second kappa shape index (κ2) is 3.69. The van der Waals surface area contributed by atoms with E-state index in [0.29, 0.717) is 9.84 Å². The van der Waals surface area contributed by atoms with Crippen LogP contribution >= 0.6 is 22.6 Å². The number of hydrogen-bond donors (Lipinski definition) is 0. The Kier molecular flexibility index (Phi) is 3.14. The average Bonchev–Trinajstić information content (AvgIpc) is 1.88. The van der Waals surface area contributed by atoms with Crippen molar-refractivity contribution in [2.75, 3.05) is 0 Å². The molecule has 2 heteroatoms. The van der Waals surface area contributed by atoms with Gasteiger partial charge in [-0.3, -0.25) is 0 Å². The Morgan fingerprint density at radius 2 is 2.20 bits per heavy atom. The van der Waals surface area contributed by atoms with Crippen molar-refractivity contribution in [3.05, 3.63) is 0 Å². The molecular weight excluding hydrogens is 239 g/mol. The zero-order chi connectivity index (χ0) is 7.56. The Morgan fingerprint density at radius 3 is 2.70 bits per heavy atom. The van der Waals surface area contributed by atoms with Crippen LogP contribution in [0.5, 0.6) is 0 Å². The van der Waals surface area contributed by atoms with Gasteiger partial charge in [-0.1, -0.05) is 29.5 Å². The van der Waals surface area contributed by atoms with Gasteiger partial charge in [-0.25, -0.2) is 0 Å². The number of halogens is 1. The van der Waals surface area contributed by atoms with Crippen LogP contribution in [0.25, 0.3) is 0 Å². The fourth-order valence-corrected chi connectivity index (χ4v) is 2.89. The summed E-state index contributed by atoms with van der Waals surface area (Å²) in [6, 6.07) is 0. The topological polar surface area (TPSA) is 17.1 Å². The maximum Gasteiger partial charge on any atom is 0.124 e. The highest BCUT2D eigenvalue weighted by Crippen LogP contribution is 2.32. The van der Waals surface area contributed by atoms with Crippen molar-refractivity contribution < 1.29 is 4.79 Å². The minimum atomic E-state index is 0.344. The molecule has 0 aromatic carbocycles. The van der Waals surface area contributed by atoms with Gasteiger partial charge in [0.05, 0.1) is 0 Å². The van der Waals surface area contributed by atoms with Crippen LogP contribution in [0.15, 0.2) is 0 Å². The quantitative estimate of drug-likeness (QED) is 0.398. The van der Waals surface area contributed by atoms with Crippen LogP contribution in [0.3, 0.4) is 0 Å². The van der Waals surface area contributed by atoms with Gasteiger partial charge < -0.3 is 4.79 Å². The fourth-order valence-electron chi connectivity index (χ4n) is 1.49. The summed E-state index contributed by atoms with van der Waals surface area (Å²) >= 11 is 2.40. The van der Waals surface area contributed by atoms with E-state index in [2.05, 4.69) is 29.5 Å². The van der Waals surface area contributed by atoms with E-state index in [-0.39, 0.29) is 0 Å². The lowest BCUT2D eigenvalue weighted by Crippen LogP contribution is -2.24. The Morgan fingerprint density at radius 1 is 1.50 bits per heavy atom. The van der Waals surface area contributed by atoms with Gasteiger partial charge in [-0.15, -0.1) is 0 Å². The lowest BCUT2D eigenvalue weighted by atomic mass is 9.84. The highest BCUT2D eigenvalue weighted by Gasteiger charge is 2.25. The molecule has 3 atom stereocenters. The first-order valence-electron chi connectivity index (χ1n) is 3.83. The largest absolute Gasteiger partial charge is 0.303 e. The lowest BCUT2D eigenvalue weighted by molar-refractivity contribution is -0.111. The van der Waals surface area contributed by atoms with Crippen molar-refractivity contribution in [2.45, 2.75) is 30.1 Å². The Balaban J connectivity index is 2.43.